The van der Waals surface area contributed by atoms with Gasteiger partial charge in [-0.25, -0.2) is 0 Å². The lowest BCUT2D eigenvalue weighted by Crippen LogP contribution is -2.51. The van der Waals surface area contributed by atoms with Crippen LogP contribution in [0, 0.1) is 5.92 Å². The standard InChI is InChI=1S/C12H28N2O/c1-6-11(13)12(8-15)14(5)10(4)7-9(2)3/h9-12,15H,6-8,13H2,1-5H3. The van der Waals surface area contributed by atoms with Gasteiger partial charge in [0.05, 0.1) is 6.61 Å². The molecule has 3 unspecified atom stereocenters. The Kier molecular flexibility index (Phi) is 7.14. The first kappa shape index (κ1) is 14.9. The Hall–Kier alpha value is -0.120. The molecule has 0 rings (SSSR count). The van der Waals surface area contributed by atoms with E-state index in [0.29, 0.717) is 12.0 Å². The first-order chi connectivity index (χ1) is 6.93. The fourth-order valence-electron chi connectivity index (χ4n) is 2.01. The van der Waals surface area contributed by atoms with E-state index in [0.717, 1.165) is 12.8 Å². The van der Waals surface area contributed by atoms with Crippen molar-refractivity contribution in [3.63, 3.8) is 0 Å². The van der Waals surface area contributed by atoms with Gasteiger partial charge in [-0.15, -0.1) is 0 Å². The molecule has 0 saturated heterocycles. The largest absolute Gasteiger partial charge is 0.395 e. The second-order valence-electron chi connectivity index (χ2n) is 4.97. The third-order valence-electron chi connectivity index (χ3n) is 3.18. The quantitative estimate of drug-likeness (QED) is 0.677. The second-order valence-corrected chi connectivity index (χ2v) is 4.97. The maximum atomic E-state index is 9.36. The summed E-state index contributed by atoms with van der Waals surface area (Å²) in [7, 11) is 2.06. The highest BCUT2D eigenvalue weighted by atomic mass is 16.3. The first-order valence-electron chi connectivity index (χ1n) is 6.02. The topological polar surface area (TPSA) is 49.5 Å². The SMILES string of the molecule is CCC(N)C(CO)N(C)C(C)CC(C)C. The van der Waals surface area contributed by atoms with Gasteiger partial charge in [-0.1, -0.05) is 20.8 Å². The molecule has 3 N–H and O–H groups in total. The highest BCUT2D eigenvalue weighted by molar-refractivity contribution is 4.82. The fourth-order valence-corrected chi connectivity index (χ4v) is 2.01. The van der Waals surface area contributed by atoms with Crippen molar-refractivity contribution in [1.82, 2.24) is 4.90 Å². The molecule has 15 heavy (non-hydrogen) atoms. The molecule has 0 fully saturated rings. The van der Waals surface area contributed by atoms with E-state index in [1.54, 1.807) is 0 Å². The number of aliphatic hydroxyl groups excluding tert-OH is 1. The van der Waals surface area contributed by atoms with E-state index in [1.807, 2.05) is 0 Å². The number of hydrogen-bond donors (Lipinski definition) is 2. The van der Waals surface area contributed by atoms with Crippen molar-refractivity contribution >= 4 is 0 Å². The van der Waals surface area contributed by atoms with Crippen molar-refractivity contribution in [2.45, 2.75) is 58.7 Å². The minimum Gasteiger partial charge on any atom is -0.395 e. The summed E-state index contributed by atoms with van der Waals surface area (Å²) in [5.74, 6) is 0.680. The molecule has 3 nitrogen and oxygen atoms in total. The molecule has 3 atom stereocenters. The lowest BCUT2D eigenvalue weighted by atomic mass is 10.00. The molecule has 0 aromatic heterocycles. The van der Waals surface area contributed by atoms with Gasteiger partial charge in [0.25, 0.3) is 0 Å². The van der Waals surface area contributed by atoms with Gasteiger partial charge in [-0.2, -0.15) is 0 Å². The minimum absolute atomic E-state index is 0.0645. The molecule has 0 bridgehead atoms. The molecule has 0 amide bonds. The van der Waals surface area contributed by atoms with Gasteiger partial charge in [0, 0.05) is 18.1 Å². The molecule has 0 saturated carbocycles. The Balaban J connectivity index is 4.29. The van der Waals surface area contributed by atoms with Crippen LogP contribution < -0.4 is 5.73 Å². The number of likely N-dealkylation sites (N-methyl/N-ethyl adjacent to an activating group) is 1. The second kappa shape index (κ2) is 7.20. The zero-order chi connectivity index (χ0) is 12.0. The molecule has 0 heterocycles. The molecular formula is C12H28N2O. The summed E-state index contributed by atoms with van der Waals surface area (Å²) in [6, 6.07) is 0.623. The van der Waals surface area contributed by atoms with Crippen LogP contribution in [0.25, 0.3) is 0 Å². The normalized spacial score (nSPS) is 18.2. The fraction of sp³-hybridized carbons (Fsp3) is 1.00. The van der Waals surface area contributed by atoms with E-state index in [4.69, 9.17) is 5.73 Å². The Morgan fingerprint density at radius 3 is 2.13 bits per heavy atom. The van der Waals surface area contributed by atoms with Crippen molar-refractivity contribution in [2.75, 3.05) is 13.7 Å². The van der Waals surface area contributed by atoms with Crippen LogP contribution in [0.15, 0.2) is 0 Å². The van der Waals surface area contributed by atoms with Crippen molar-refractivity contribution in [3.05, 3.63) is 0 Å². The van der Waals surface area contributed by atoms with E-state index in [-0.39, 0.29) is 18.7 Å². The third-order valence-corrected chi connectivity index (χ3v) is 3.18. The zero-order valence-corrected chi connectivity index (χ0v) is 10.9. The van der Waals surface area contributed by atoms with Crippen molar-refractivity contribution in [2.24, 2.45) is 11.7 Å². The summed E-state index contributed by atoms with van der Waals surface area (Å²) >= 11 is 0. The molecule has 0 aliphatic carbocycles. The summed E-state index contributed by atoms with van der Waals surface area (Å²) in [5.41, 5.74) is 6.00. The van der Waals surface area contributed by atoms with Crippen molar-refractivity contribution in [1.29, 1.82) is 0 Å². The van der Waals surface area contributed by atoms with Gasteiger partial charge in [-0.05, 0) is 32.7 Å². The Labute approximate surface area is 94.6 Å². The van der Waals surface area contributed by atoms with E-state index < -0.39 is 0 Å². The predicted octanol–water partition coefficient (Wildman–Crippen LogP) is 1.45. The number of aliphatic hydroxyl groups is 1. The molecule has 0 aromatic carbocycles. The van der Waals surface area contributed by atoms with E-state index in [2.05, 4.69) is 39.6 Å². The Bertz CT molecular complexity index is 162. The van der Waals surface area contributed by atoms with Gasteiger partial charge < -0.3 is 10.8 Å². The van der Waals surface area contributed by atoms with E-state index in [1.165, 1.54) is 0 Å². The first-order valence-corrected chi connectivity index (χ1v) is 6.02. The smallest absolute Gasteiger partial charge is 0.0601 e. The molecule has 0 radical (unpaired) electrons. The molecule has 3 heteroatoms. The van der Waals surface area contributed by atoms with Crippen LogP contribution in [-0.2, 0) is 0 Å². The lowest BCUT2D eigenvalue weighted by Gasteiger charge is -2.36. The van der Waals surface area contributed by atoms with Crippen LogP contribution in [0.1, 0.15) is 40.5 Å². The van der Waals surface area contributed by atoms with Gasteiger partial charge >= 0.3 is 0 Å². The van der Waals surface area contributed by atoms with Gasteiger partial charge in [-0.3, -0.25) is 4.90 Å². The average molecular weight is 216 g/mol. The Morgan fingerprint density at radius 2 is 1.80 bits per heavy atom. The van der Waals surface area contributed by atoms with Crippen molar-refractivity contribution in [3.8, 4) is 0 Å². The summed E-state index contributed by atoms with van der Waals surface area (Å²) in [5, 5.41) is 9.36. The van der Waals surface area contributed by atoms with E-state index in [9.17, 15) is 5.11 Å². The number of nitrogens with two attached hydrogens (primary N) is 1. The maximum Gasteiger partial charge on any atom is 0.0601 e. The Morgan fingerprint density at radius 1 is 1.27 bits per heavy atom. The lowest BCUT2D eigenvalue weighted by molar-refractivity contribution is 0.0874. The van der Waals surface area contributed by atoms with Crippen LogP contribution >= 0.6 is 0 Å². The molecular weight excluding hydrogens is 188 g/mol. The zero-order valence-electron chi connectivity index (χ0n) is 10.9. The molecule has 92 valence electrons. The van der Waals surface area contributed by atoms with Gasteiger partial charge in [0.2, 0.25) is 0 Å². The van der Waals surface area contributed by atoms with E-state index >= 15 is 0 Å². The number of hydrogen-bond acceptors (Lipinski definition) is 3. The average Bonchev–Trinajstić information content (AvgIpc) is 2.17. The highest BCUT2D eigenvalue weighted by Gasteiger charge is 2.24. The summed E-state index contributed by atoms with van der Waals surface area (Å²) in [4.78, 5) is 2.22. The summed E-state index contributed by atoms with van der Waals surface area (Å²) in [6.45, 7) is 8.85. The van der Waals surface area contributed by atoms with Crippen LogP contribution in [0.3, 0.4) is 0 Å². The van der Waals surface area contributed by atoms with Crippen LogP contribution in [0.4, 0.5) is 0 Å². The molecule has 0 spiro atoms. The summed E-state index contributed by atoms with van der Waals surface area (Å²) < 4.78 is 0. The van der Waals surface area contributed by atoms with Gasteiger partial charge in [0.1, 0.15) is 0 Å². The minimum atomic E-state index is 0.0645. The number of nitrogens with zero attached hydrogens (tertiary/aromatic N) is 1. The monoisotopic (exact) mass is 216 g/mol. The summed E-state index contributed by atoms with van der Waals surface area (Å²) in [6.07, 6.45) is 2.05. The molecule has 0 aromatic rings. The maximum absolute atomic E-state index is 9.36. The van der Waals surface area contributed by atoms with Crippen LogP contribution in [0.5, 0.6) is 0 Å². The molecule has 0 aliphatic heterocycles. The number of rotatable bonds is 7. The van der Waals surface area contributed by atoms with Crippen molar-refractivity contribution < 1.29 is 5.11 Å². The predicted molar refractivity (Wildman–Crippen MR) is 65.8 cm³/mol. The highest BCUT2D eigenvalue weighted by Crippen LogP contribution is 2.14. The molecule has 0 aliphatic rings. The third kappa shape index (κ3) is 4.96. The van der Waals surface area contributed by atoms with Gasteiger partial charge in [0.15, 0.2) is 0 Å². The van der Waals surface area contributed by atoms with Crippen LogP contribution in [-0.4, -0.2) is 41.8 Å². The van der Waals surface area contributed by atoms with Crippen LogP contribution in [0.2, 0.25) is 0 Å².